The van der Waals surface area contributed by atoms with Crippen molar-refractivity contribution in [2.45, 2.75) is 26.3 Å². The number of carbonyl (C=O) groups is 2. The number of benzene rings is 1. The minimum atomic E-state index is -1.08. The zero-order valence-electron chi connectivity index (χ0n) is 11.9. The first kappa shape index (κ1) is 14.8. The summed E-state index contributed by atoms with van der Waals surface area (Å²) in [5, 5.41) is 11.8. The molecule has 0 aliphatic rings. The van der Waals surface area contributed by atoms with Gasteiger partial charge in [-0.25, -0.2) is 9.78 Å². The van der Waals surface area contributed by atoms with E-state index >= 15 is 0 Å². The van der Waals surface area contributed by atoms with Crippen LogP contribution < -0.4 is 5.32 Å². The van der Waals surface area contributed by atoms with Crippen LogP contribution in [0.1, 0.15) is 27.2 Å². The summed E-state index contributed by atoms with van der Waals surface area (Å²) in [6.45, 7) is 3.70. The van der Waals surface area contributed by atoms with Crippen LogP contribution in [0.3, 0.4) is 0 Å². The largest absolute Gasteiger partial charge is 0.480 e. The van der Waals surface area contributed by atoms with Crippen LogP contribution in [-0.4, -0.2) is 33.0 Å². The first-order chi connectivity index (χ1) is 9.97. The number of carbonyl (C=O) groups excluding carboxylic acids is 1. The fourth-order valence-electron chi connectivity index (χ4n) is 2.03. The maximum atomic E-state index is 12.3. The Labute approximate surface area is 122 Å². The van der Waals surface area contributed by atoms with E-state index in [1.165, 1.54) is 6.33 Å². The standard InChI is InChI=1S/C15H17N3O3/c1-9-3-4-10(2)12(5-9)14(19)18-13(15(20)21)6-11-7-16-8-17-11/h3-5,7-8,13H,6H2,1-2H3,(H,16,17)(H,18,19)(H,20,21)/t13-/m1/s1. The van der Waals surface area contributed by atoms with Gasteiger partial charge in [0.25, 0.3) is 5.91 Å². The third-order valence-electron chi connectivity index (χ3n) is 3.22. The molecule has 3 N–H and O–H groups in total. The number of nitrogens with zero attached hydrogens (tertiary/aromatic N) is 1. The van der Waals surface area contributed by atoms with E-state index in [2.05, 4.69) is 15.3 Å². The van der Waals surface area contributed by atoms with Crippen LogP contribution in [0.25, 0.3) is 0 Å². The molecule has 0 saturated heterocycles. The normalized spacial score (nSPS) is 11.9. The van der Waals surface area contributed by atoms with E-state index in [4.69, 9.17) is 0 Å². The van der Waals surface area contributed by atoms with E-state index < -0.39 is 12.0 Å². The van der Waals surface area contributed by atoms with Gasteiger partial charge in [-0.3, -0.25) is 4.79 Å². The van der Waals surface area contributed by atoms with Crippen LogP contribution in [0.5, 0.6) is 0 Å². The van der Waals surface area contributed by atoms with Gasteiger partial charge in [-0.2, -0.15) is 0 Å². The highest BCUT2D eigenvalue weighted by atomic mass is 16.4. The van der Waals surface area contributed by atoms with Crippen LogP contribution >= 0.6 is 0 Å². The highest BCUT2D eigenvalue weighted by Gasteiger charge is 2.22. The average molecular weight is 287 g/mol. The quantitative estimate of drug-likeness (QED) is 0.775. The van der Waals surface area contributed by atoms with E-state index in [1.807, 2.05) is 26.0 Å². The van der Waals surface area contributed by atoms with Gasteiger partial charge in [0.2, 0.25) is 0 Å². The summed E-state index contributed by atoms with van der Waals surface area (Å²) in [6.07, 6.45) is 3.17. The number of aromatic amines is 1. The van der Waals surface area contributed by atoms with Gasteiger partial charge in [0.05, 0.1) is 6.33 Å². The van der Waals surface area contributed by atoms with Gasteiger partial charge in [0, 0.05) is 23.9 Å². The first-order valence-electron chi connectivity index (χ1n) is 6.55. The van der Waals surface area contributed by atoms with Crippen LogP contribution in [0.2, 0.25) is 0 Å². The second kappa shape index (κ2) is 6.21. The lowest BCUT2D eigenvalue weighted by Crippen LogP contribution is -2.42. The molecule has 21 heavy (non-hydrogen) atoms. The topological polar surface area (TPSA) is 95.1 Å². The highest BCUT2D eigenvalue weighted by molar-refractivity contribution is 5.98. The third-order valence-corrected chi connectivity index (χ3v) is 3.22. The monoisotopic (exact) mass is 287 g/mol. The Morgan fingerprint density at radius 2 is 2.14 bits per heavy atom. The van der Waals surface area contributed by atoms with Crippen molar-refractivity contribution in [3.05, 3.63) is 53.1 Å². The smallest absolute Gasteiger partial charge is 0.326 e. The van der Waals surface area contributed by atoms with Crippen molar-refractivity contribution in [3.8, 4) is 0 Å². The molecule has 2 aromatic rings. The van der Waals surface area contributed by atoms with Crippen LogP contribution in [0.15, 0.2) is 30.7 Å². The minimum absolute atomic E-state index is 0.159. The summed E-state index contributed by atoms with van der Waals surface area (Å²) in [5.41, 5.74) is 2.91. The zero-order chi connectivity index (χ0) is 15.4. The number of aliphatic carboxylic acids is 1. The van der Waals surface area contributed by atoms with Crippen LogP contribution in [0, 0.1) is 13.8 Å². The zero-order valence-corrected chi connectivity index (χ0v) is 11.9. The lowest BCUT2D eigenvalue weighted by Gasteiger charge is -2.15. The molecule has 6 heteroatoms. The molecular weight excluding hydrogens is 270 g/mol. The molecule has 0 spiro atoms. The average Bonchev–Trinajstić information content (AvgIpc) is 2.93. The molecule has 0 fully saturated rings. The van der Waals surface area contributed by atoms with E-state index in [9.17, 15) is 14.7 Å². The summed E-state index contributed by atoms with van der Waals surface area (Å²) in [5.74, 6) is -1.47. The van der Waals surface area contributed by atoms with Crippen molar-refractivity contribution < 1.29 is 14.7 Å². The fourth-order valence-corrected chi connectivity index (χ4v) is 2.03. The Bertz CT molecular complexity index is 650. The molecule has 1 heterocycles. The van der Waals surface area contributed by atoms with E-state index in [1.54, 1.807) is 12.3 Å². The molecule has 0 aliphatic carbocycles. The van der Waals surface area contributed by atoms with E-state index in [0.29, 0.717) is 11.3 Å². The lowest BCUT2D eigenvalue weighted by atomic mass is 10.0. The van der Waals surface area contributed by atoms with Crippen molar-refractivity contribution in [1.82, 2.24) is 15.3 Å². The molecule has 0 bridgehead atoms. The maximum absolute atomic E-state index is 12.3. The van der Waals surface area contributed by atoms with Crippen LogP contribution in [0.4, 0.5) is 0 Å². The number of hydrogen-bond donors (Lipinski definition) is 3. The molecule has 0 radical (unpaired) electrons. The number of carboxylic acids is 1. The molecule has 2 rings (SSSR count). The molecule has 1 aromatic carbocycles. The number of imidazole rings is 1. The molecule has 1 aromatic heterocycles. The number of hydrogen-bond acceptors (Lipinski definition) is 3. The second-order valence-electron chi connectivity index (χ2n) is 4.96. The molecule has 110 valence electrons. The lowest BCUT2D eigenvalue weighted by molar-refractivity contribution is -0.139. The van der Waals surface area contributed by atoms with Gasteiger partial charge in [0.1, 0.15) is 6.04 Å². The molecule has 0 aliphatic heterocycles. The summed E-state index contributed by atoms with van der Waals surface area (Å²) in [6, 6.07) is 4.50. The minimum Gasteiger partial charge on any atom is -0.480 e. The Balaban J connectivity index is 2.14. The van der Waals surface area contributed by atoms with E-state index in [0.717, 1.165) is 11.1 Å². The van der Waals surface area contributed by atoms with Gasteiger partial charge >= 0.3 is 5.97 Å². The molecule has 6 nitrogen and oxygen atoms in total. The van der Waals surface area contributed by atoms with Gasteiger partial charge in [-0.1, -0.05) is 17.7 Å². The molecular formula is C15H17N3O3. The van der Waals surface area contributed by atoms with Crippen molar-refractivity contribution in [2.24, 2.45) is 0 Å². The number of H-pyrrole nitrogens is 1. The Morgan fingerprint density at radius 3 is 2.76 bits per heavy atom. The number of nitrogens with one attached hydrogen (secondary N) is 2. The summed E-state index contributed by atoms with van der Waals surface area (Å²) in [7, 11) is 0. The van der Waals surface area contributed by atoms with Gasteiger partial charge in [-0.05, 0) is 25.5 Å². The number of carboxylic acid groups (broad SMARTS) is 1. The van der Waals surface area contributed by atoms with Gasteiger partial charge in [-0.15, -0.1) is 0 Å². The maximum Gasteiger partial charge on any atom is 0.326 e. The molecule has 0 saturated carbocycles. The SMILES string of the molecule is Cc1ccc(C)c(C(=O)N[C@H](Cc2cnc[nH]2)C(=O)O)c1. The first-order valence-corrected chi connectivity index (χ1v) is 6.55. The number of aromatic nitrogens is 2. The molecule has 1 atom stereocenters. The number of rotatable bonds is 5. The molecule has 1 amide bonds. The van der Waals surface area contributed by atoms with Crippen LogP contribution in [-0.2, 0) is 11.2 Å². The van der Waals surface area contributed by atoms with Crippen molar-refractivity contribution in [1.29, 1.82) is 0 Å². The second-order valence-corrected chi connectivity index (χ2v) is 4.96. The van der Waals surface area contributed by atoms with Crippen molar-refractivity contribution >= 4 is 11.9 Å². The summed E-state index contributed by atoms with van der Waals surface area (Å²) >= 11 is 0. The van der Waals surface area contributed by atoms with Crippen molar-refractivity contribution in [3.63, 3.8) is 0 Å². The van der Waals surface area contributed by atoms with Crippen molar-refractivity contribution in [2.75, 3.05) is 0 Å². The third kappa shape index (κ3) is 3.68. The number of amides is 1. The fraction of sp³-hybridized carbons (Fsp3) is 0.267. The Kier molecular flexibility index (Phi) is 4.37. The molecule has 0 unspecified atom stereocenters. The summed E-state index contributed by atoms with van der Waals surface area (Å²) < 4.78 is 0. The number of aryl methyl sites for hydroxylation is 2. The predicted octanol–water partition coefficient (Wildman–Crippen LogP) is 1.45. The Hall–Kier alpha value is -2.63. The predicted molar refractivity (Wildman–Crippen MR) is 77.1 cm³/mol. The highest BCUT2D eigenvalue weighted by Crippen LogP contribution is 2.11. The van der Waals surface area contributed by atoms with Gasteiger partial charge < -0.3 is 15.4 Å². The van der Waals surface area contributed by atoms with E-state index in [-0.39, 0.29) is 12.3 Å². The Morgan fingerprint density at radius 1 is 1.38 bits per heavy atom. The summed E-state index contributed by atoms with van der Waals surface area (Å²) in [4.78, 5) is 30.2. The van der Waals surface area contributed by atoms with Gasteiger partial charge in [0.15, 0.2) is 0 Å².